The second-order valence-electron chi connectivity index (χ2n) is 8.64. The number of amides is 1. The zero-order valence-electron chi connectivity index (χ0n) is 18.5. The molecule has 0 bridgehead atoms. The SMILES string of the molecule is Cc1cccc(C)c1NC(=O)Cn1nnc(-c2ccc(CN3CCCC(C)C3)cc2)n1. The predicted octanol–water partition coefficient (Wildman–Crippen LogP) is 3.83. The average Bonchev–Trinajstić information content (AvgIpc) is 3.20. The van der Waals surface area contributed by atoms with Crippen LogP contribution in [0.3, 0.4) is 0 Å². The van der Waals surface area contributed by atoms with E-state index < -0.39 is 0 Å². The summed E-state index contributed by atoms with van der Waals surface area (Å²) in [5.74, 6) is 1.13. The smallest absolute Gasteiger partial charge is 0.248 e. The van der Waals surface area contributed by atoms with Gasteiger partial charge in [-0.3, -0.25) is 9.69 Å². The van der Waals surface area contributed by atoms with Crippen LogP contribution in [0.15, 0.2) is 42.5 Å². The van der Waals surface area contributed by atoms with E-state index in [0.717, 1.165) is 34.8 Å². The molecule has 3 aromatic rings. The lowest BCUT2D eigenvalue weighted by atomic mass is 9.99. The van der Waals surface area contributed by atoms with Gasteiger partial charge in [-0.15, -0.1) is 10.2 Å². The Hall–Kier alpha value is -3.06. The Morgan fingerprint density at radius 3 is 2.58 bits per heavy atom. The van der Waals surface area contributed by atoms with Gasteiger partial charge in [-0.2, -0.15) is 4.80 Å². The molecule has 1 unspecified atom stereocenters. The number of piperidine rings is 1. The molecule has 31 heavy (non-hydrogen) atoms. The number of aryl methyl sites for hydroxylation is 2. The minimum absolute atomic E-state index is 0.0198. The molecule has 1 atom stereocenters. The molecule has 0 radical (unpaired) electrons. The second kappa shape index (κ2) is 9.39. The Morgan fingerprint density at radius 1 is 1.13 bits per heavy atom. The first kappa shape index (κ1) is 21.2. The minimum Gasteiger partial charge on any atom is -0.324 e. The highest BCUT2D eigenvalue weighted by molar-refractivity contribution is 5.92. The topological polar surface area (TPSA) is 75.9 Å². The van der Waals surface area contributed by atoms with Crippen molar-refractivity contribution in [2.24, 2.45) is 5.92 Å². The van der Waals surface area contributed by atoms with Gasteiger partial charge in [0.2, 0.25) is 11.7 Å². The maximum atomic E-state index is 12.4. The van der Waals surface area contributed by atoms with Gasteiger partial charge in [-0.1, -0.05) is 49.4 Å². The van der Waals surface area contributed by atoms with Gasteiger partial charge in [0.1, 0.15) is 6.54 Å². The number of rotatable bonds is 6. The number of hydrogen-bond donors (Lipinski definition) is 1. The summed E-state index contributed by atoms with van der Waals surface area (Å²) in [7, 11) is 0. The number of carbonyl (C=O) groups is 1. The minimum atomic E-state index is -0.174. The van der Waals surface area contributed by atoms with E-state index >= 15 is 0 Å². The molecule has 2 aromatic carbocycles. The Balaban J connectivity index is 1.36. The van der Waals surface area contributed by atoms with E-state index in [1.54, 1.807) is 0 Å². The zero-order chi connectivity index (χ0) is 21.8. The maximum absolute atomic E-state index is 12.4. The molecule has 1 saturated heterocycles. The number of hydrogen-bond acceptors (Lipinski definition) is 5. The van der Waals surface area contributed by atoms with Crippen molar-refractivity contribution in [3.05, 3.63) is 59.2 Å². The third-order valence-corrected chi connectivity index (χ3v) is 5.84. The quantitative estimate of drug-likeness (QED) is 0.658. The molecule has 7 nitrogen and oxygen atoms in total. The first-order valence-corrected chi connectivity index (χ1v) is 10.9. The summed E-state index contributed by atoms with van der Waals surface area (Å²) in [6.07, 6.45) is 2.61. The molecule has 1 amide bonds. The van der Waals surface area contributed by atoms with Crippen LogP contribution in [0.5, 0.6) is 0 Å². The van der Waals surface area contributed by atoms with E-state index in [-0.39, 0.29) is 12.5 Å². The van der Waals surface area contributed by atoms with Crippen LogP contribution in [0, 0.1) is 19.8 Å². The molecular formula is C24H30N6O. The molecular weight excluding hydrogens is 388 g/mol. The monoisotopic (exact) mass is 418 g/mol. The highest BCUT2D eigenvalue weighted by atomic mass is 16.2. The van der Waals surface area contributed by atoms with Crippen molar-refractivity contribution in [3.8, 4) is 11.4 Å². The van der Waals surface area contributed by atoms with E-state index in [9.17, 15) is 4.79 Å². The number of anilines is 1. The third-order valence-electron chi connectivity index (χ3n) is 5.84. The number of nitrogens with one attached hydrogen (secondary N) is 1. The van der Waals surface area contributed by atoms with Crippen LogP contribution in [-0.4, -0.2) is 44.1 Å². The molecule has 1 fully saturated rings. The molecule has 0 spiro atoms. The summed E-state index contributed by atoms with van der Waals surface area (Å²) in [6.45, 7) is 9.61. The summed E-state index contributed by atoms with van der Waals surface area (Å²) in [6, 6.07) is 14.2. The lowest BCUT2D eigenvalue weighted by molar-refractivity contribution is -0.117. The van der Waals surface area contributed by atoms with Gasteiger partial charge >= 0.3 is 0 Å². The molecule has 4 rings (SSSR count). The predicted molar refractivity (Wildman–Crippen MR) is 121 cm³/mol. The molecule has 2 heterocycles. The van der Waals surface area contributed by atoms with Crippen molar-refractivity contribution in [1.29, 1.82) is 0 Å². The van der Waals surface area contributed by atoms with Crippen LogP contribution in [-0.2, 0) is 17.9 Å². The molecule has 0 aliphatic carbocycles. The highest BCUT2D eigenvalue weighted by Crippen LogP contribution is 2.21. The van der Waals surface area contributed by atoms with Gasteiger partial charge in [-0.25, -0.2) is 0 Å². The van der Waals surface area contributed by atoms with Gasteiger partial charge in [0, 0.05) is 24.3 Å². The van der Waals surface area contributed by atoms with Crippen LogP contribution < -0.4 is 5.32 Å². The number of carbonyl (C=O) groups excluding carboxylic acids is 1. The fourth-order valence-electron chi connectivity index (χ4n) is 4.19. The number of nitrogens with zero attached hydrogens (tertiary/aromatic N) is 5. The fourth-order valence-corrected chi connectivity index (χ4v) is 4.19. The number of tetrazole rings is 1. The highest BCUT2D eigenvalue weighted by Gasteiger charge is 2.16. The van der Waals surface area contributed by atoms with Crippen molar-refractivity contribution < 1.29 is 4.79 Å². The first-order valence-electron chi connectivity index (χ1n) is 10.9. The zero-order valence-corrected chi connectivity index (χ0v) is 18.5. The van der Waals surface area contributed by atoms with Crippen molar-refractivity contribution in [2.75, 3.05) is 18.4 Å². The number of aromatic nitrogens is 4. The first-order chi connectivity index (χ1) is 15.0. The van der Waals surface area contributed by atoms with E-state index in [1.165, 1.54) is 36.3 Å². The Morgan fingerprint density at radius 2 is 1.87 bits per heavy atom. The van der Waals surface area contributed by atoms with Crippen LogP contribution in [0.2, 0.25) is 0 Å². The second-order valence-corrected chi connectivity index (χ2v) is 8.64. The molecule has 1 aromatic heterocycles. The lowest BCUT2D eigenvalue weighted by Gasteiger charge is -2.30. The molecule has 0 saturated carbocycles. The number of likely N-dealkylation sites (tertiary alicyclic amines) is 1. The molecule has 7 heteroatoms. The Bertz CT molecular complexity index is 1020. The summed E-state index contributed by atoms with van der Waals surface area (Å²) < 4.78 is 0. The lowest BCUT2D eigenvalue weighted by Crippen LogP contribution is -2.33. The third kappa shape index (κ3) is 5.35. The fraction of sp³-hybridized carbons (Fsp3) is 0.417. The maximum Gasteiger partial charge on any atom is 0.248 e. The molecule has 1 aliphatic rings. The Kier molecular flexibility index (Phi) is 6.42. The number of para-hydroxylation sites is 1. The van der Waals surface area contributed by atoms with Crippen molar-refractivity contribution in [2.45, 2.75) is 46.7 Å². The largest absolute Gasteiger partial charge is 0.324 e. The van der Waals surface area contributed by atoms with E-state index in [2.05, 4.69) is 44.7 Å². The van der Waals surface area contributed by atoms with Crippen LogP contribution in [0.4, 0.5) is 5.69 Å². The van der Waals surface area contributed by atoms with Gasteiger partial charge in [0.05, 0.1) is 0 Å². The van der Waals surface area contributed by atoms with Crippen LogP contribution in [0.25, 0.3) is 11.4 Å². The van der Waals surface area contributed by atoms with Gasteiger partial charge < -0.3 is 5.32 Å². The van der Waals surface area contributed by atoms with Crippen LogP contribution in [0.1, 0.15) is 36.5 Å². The van der Waals surface area contributed by atoms with Crippen molar-refractivity contribution >= 4 is 11.6 Å². The van der Waals surface area contributed by atoms with Gasteiger partial charge in [0.15, 0.2) is 0 Å². The number of benzene rings is 2. The standard InChI is InChI=1S/C24H30N6O/c1-17-6-5-13-29(14-17)15-20-9-11-21(12-10-20)24-26-28-30(27-24)16-22(31)25-23-18(2)7-4-8-19(23)3/h4,7-12,17H,5-6,13-16H2,1-3H3,(H,25,31). The molecule has 162 valence electrons. The molecule has 1 aliphatic heterocycles. The molecule has 1 N–H and O–H groups in total. The summed E-state index contributed by atoms with van der Waals surface area (Å²) in [5, 5.41) is 15.5. The summed E-state index contributed by atoms with van der Waals surface area (Å²) in [4.78, 5) is 16.3. The van der Waals surface area contributed by atoms with Gasteiger partial charge in [0.25, 0.3) is 0 Å². The Labute approximate surface area is 183 Å². The van der Waals surface area contributed by atoms with E-state index in [0.29, 0.717) is 5.82 Å². The summed E-state index contributed by atoms with van der Waals surface area (Å²) >= 11 is 0. The van der Waals surface area contributed by atoms with Gasteiger partial charge in [-0.05, 0) is 61.1 Å². The van der Waals surface area contributed by atoms with E-state index in [4.69, 9.17) is 0 Å². The van der Waals surface area contributed by atoms with Crippen LogP contribution >= 0.6 is 0 Å². The van der Waals surface area contributed by atoms with Crippen molar-refractivity contribution in [3.63, 3.8) is 0 Å². The van der Waals surface area contributed by atoms with E-state index in [1.807, 2.05) is 44.2 Å². The average molecular weight is 419 g/mol. The summed E-state index contributed by atoms with van der Waals surface area (Å²) in [5.41, 5.74) is 5.08. The van der Waals surface area contributed by atoms with Crippen molar-refractivity contribution in [1.82, 2.24) is 25.1 Å². The normalized spacial score (nSPS) is 16.9.